The van der Waals surface area contributed by atoms with E-state index in [0.29, 0.717) is 11.3 Å². The molecule has 0 spiro atoms. The van der Waals surface area contributed by atoms with Crippen molar-refractivity contribution >= 4 is 32.7 Å². The highest BCUT2D eigenvalue weighted by Crippen LogP contribution is 2.25. The van der Waals surface area contributed by atoms with Crippen LogP contribution in [0.15, 0.2) is 57.4 Å². The molecule has 0 bridgehead atoms. The molecule has 0 fully saturated rings. The molecule has 0 amide bonds. The highest BCUT2D eigenvalue weighted by Gasteiger charge is 2.14. The van der Waals surface area contributed by atoms with E-state index >= 15 is 0 Å². The van der Waals surface area contributed by atoms with Crippen LogP contribution in [0.3, 0.4) is 0 Å². The van der Waals surface area contributed by atoms with Crippen molar-refractivity contribution in [2.75, 3.05) is 0 Å². The molecule has 0 aliphatic carbocycles. The summed E-state index contributed by atoms with van der Waals surface area (Å²) in [6.07, 6.45) is 2.14. The van der Waals surface area contributed by atoms with E-state index in [2.05, 4.69) is 22.9 Å². The van der Waals surface area contributed by atoms with Gasteiger partial charge in [0.25, 0.3) is 0 Å². The second-order valence-corrected chi connectivity index (χ2v) is 5.98. The Labute approximate surface area is 131 Å². The van der Waals surface area contributed by atoms with Crippen LogP contribution in [-0.4, -0.2) is 5.78 Å². The van der Waals surface area contributed by atoms with Gasteiger partial charge in [-0.3, -0.25) is 4.79 Å². The zero-order chi connectivity index (χ0) is 14.8. The van der Waals surface area contributed by atoms with Gasteiger partial charge in [0.05, 0.1) is 0 Å². The number of ketones is 1. The van der Waals surface area contributed by atoms with Crippen molar-refractivity contribution in [1.82, 2.24) is 0 Å². The average Bonchev–Trinajstić information content (AvgIpc) is 2.90. The quantitative estimate of drug-likeness (QED) is 0.596. The Morgan fingerprint density at radius 3 is 2.57 bits per heavy atom. The number of fused-ring (bicyclic) bond motifs is 1. The minimum absolute atomic E-state index is 0.0784. The van der Waals surface area contributed by atoms with Crippen molar-refractivity contribution in [3.63, 3.8) is 0 Å². The van der Waals surface area contributed by atoms with Crippen molar-refractivity contribution < 1.29 is 9.21 Å². The molecule has 0 N–H and O–H groups in total. The first kappa shape index (κ1) is 14.1. The third-order valence-electron chi connectivity index (χ3n) is 3.46. The monoisotopic (exact) mass is 342 g/mol. The molecule has 21 heavy (non-hydrogen) atoms. The zero-order valence-electron chi connectivity index (χ0n) is 11.7. The van der Waals surface area contributed by atoms with Gasteiger partial charge in [0.2, 0.25) is 5.78 Å². The van der Waals surface area contributed by atoms with E-state index in [9.17, 15) is 4.79 Å². The molecule has 1 heterocycles. The number of aryl methyl sites for hydroxylation is 1. The number of furan rings is 1. The summed E-state index contributed by atoms with van der Waals surface area (Å²) in [5.74, 6) is 0.303. The van der Waals surface area contributed by atoms with E-state index in [-0.39, 0.29) is 5.78 Å². The second kappa shape index (κ2) is 5.86. The van der Waals surface area contributed by atoms with Crippen LogP contribution in [0.1, 0.15) is 35.0 Å². The molecule has 3 rings (SSSR count). The first-order valence-corrected chi connectivity index (χ1v) is 7.79. The predicted molar refractivity (Wildman–Crippen MR) is 87.8 cm³/mol. The number of carbonyl (C=O) groups is 1. The summed E-state index contributed by atoms with van der Waals surface area (Å²) in [7, 11) is 0. The fourth-order valence-electron chi connectivity index (χ4n) is 2.38. The fraction of sp³-hybridized carbons (Fsp3) is 0.167. The molecule has 0 aliphatic rings. The molecule has 0 atom stereocenters. The van der Waals surface area contributed by atoms with Gasteiger partial charge in [-0.1, -0.05) is 53.5 Å². The Kier molecular flexibility index (Phi) is 3.93. The van der Waals surface area contributed by atoms with Gasteiger partial charge in [-0.25, -0.2) is 0 Å². The van der Waals surface area contributed by atoms with Crippen LogP contribution in [0.5, 0.6) is 0 Å². The Morgan fingerprint density at radius 2 is 1.86 bits per heavy atom. The number of carbonyl (C=O) groups excluding carboxylic acids is 1. The highest BCUT2D eigenvalue weighted by atomic mass is 79.9. The summed E-state index contributed by atoms with van der Waals surface area (Å²) in [6, 6.07) is 15.3. The van der Waals surface area contributed by atoms with Crippen LogP contribution in [0, 0.1) is 0 Å². The lowest BCUT2D eigenvalue weighted by Gasteiger charge is -2.01. The van der Waals surface area contributed by atoms with Gasteiger partial charge in [-0.05, 0) is 36.2 Å². The topological polar surface area (TPSA) is 30.2 Å². The fourth-order valence-corrected chi connectivity index (χ4v) is 2.76. The normalized spacial score (nSPS) is 11.0. The van der Waals surface area contributed by atoms with Crippen molar-refractivity contribution in [1.29, 1.82) is 0 Å². The number of halogens is 1. The molecule has 0 unspecified atom stereocenters. The van der Waals surface area contributed by atoms with Gasteiger partial charge in [0, 0.05) is 15.4 Å². The predicted octanol–water partition coefficient (Wildman–Crippen LogP) is 5.38. The van der Waals surface area contributed by atoms with E-state index in [1.54, 1.807) is 6.07 Å². The van der Waals surface area contributed by atoms with E-state index in [4.69, 9.17) is 4.42 Å². The SMILES string of the molecule is CCCc1ccc(C(=O)c2cc3cc(Br)ccc3o2)cc1. The van der Waals surface area contributed by atoms with Crippen molar-refractivity contribution in [3.05, 3.63) is 69.9 Å². The number of hydrogen-bond acceptors (Lipinski definition) is 2. The molecule has 3 heteroatoms. The smallest absolute Gasteiger partial charge is 0.228 e. The summed E-state index contributed by atoms with van der Waals surface area (Å²) in [6.45, 7) is 2.14. The molecular weight excluding hydrogens is 328 g/mol. The maximum Gasteiger partial charge on any atom is 0.228 e. The van der Waals surface area contributed by atoms with Gasteiger partial charge < -0.3 is 4.42 Å². The minimum atomic E-state index is -0.0784. The second-order valence-electron chi connectivity index (χ2n) is 5.07. The average molecular weight is 343 g/mol. The van der Waals surface area contributed by atoms with E-state index in [1.165, 1.54) is 5.56 Å². The van der Waals surface area contributed by atoms with Crippen molar-refractivity contribution in [3.8, 4) is 0 Å². The summed E-state index contributed by atoms with van der Waals surface area (Å²) < 4.78 is 6.62. The minimum Gasteiger partial charge on any atom is -0.453 e. The van der Waals surface area contributed by atoms with E-state index < -0.39 is 0 Å². The first-order valence-electron chi connectivity index (χ1n) is 7.00. The molecule has 1 aromatic heterocycles. The van der Waals surface area contributed by atoms with Crippen LogP contribution in [-0.2, 0) is 6.42 Å². The van der Waals surface area contributed by atoms with Crippen molar-refractivity contribution in [2.45, 2.75) is 19.8 Å². The van der Waals surface area contributed by atoms with Crippen LogP contribution in [0.4, 0.5) is 0 Å². The van der Waals surface area contributed by atoms with Crippen LogP contribution in [0.25, 0.3) is 11.0 Å². The first-order chi connectivity index (χ1) is 10.2. The molecule has 0 saturated carbocycles. The van der Waals surface area contributed by atoms with Crippen LogP contribution in [0.2, 0.25) is 0 Å². The Hall–Kier alpha value is -1.87. The van der Waals surface area contributed by atoms with Gasteiger partial charge in [0.15, 0.2) is 5.76 Å². The third-order valence-corrected chi connectivity index (χ3v) is 3.95. The standard InChI is InChI=1S/C18H15BrO2/c1-2-3-12-4-6-13(7-5-12)18(20)17-11-14-10-15(19)8-9-16(14)21-17/h4-11H,2-3H2,1H3. The summed E-state index contributed by atoms with van der Waals surface area (Å²) in [5.41, 5.74) is 2.64. The lowest BCUT2D eigenvalue weighted by atomic mass is 10.0. The van der Waals surface area contributed by atoms with Crippen molar-refractivity contribution in [2.24, 2.45) is 0 Å². The van der Waals surface area contributed by atoms with E-state index in [1.807, 2.05) is 42.5 Å². The molecule has 3 aromatic rings. The highest BCUT2D eigenvalue weighted by molar-refractivity contribution is 9.10. The lowest BCUT2D eigenvalue weighted by Crippen LogP contribution is -1.99. The molecule has 2 aromatic carbocycles. The summed E-state index contributed by atoms with van der Waals surface area (Å²) in [4.78, 5) is 12.5. The summed E-state index contributed by atoms with van der Waals surface area (Å²) >= 11 is 3.42. The molecule has 0 aliphatic heterocycles. The lowest BCUT2D eigenvalue weighted by molar-refractivity contribution is 0.101. The molecular formula is C18H15BrO2. The van der Waals surface area contributed by atoms with Gasteiger partial charge >= 0.3 is 0 Å². The maximum absolute atomic E-state index is 12.5. The van der Waals surface area contributed by atoms with Gasteiger partial charge in [-0.2, -0.15) is 0 Å². The number of benzene rings is 2. The molecule has 106 valence electrons. The molecule has 0 saturated heterocycles. The Balaban J connectivity index is 1.92. The number of hydrogen-bond donors (Lipinski definition) is 0. The maximum atomic E-state index is 12.5. The third kappa shape index (κ3) is 2.93. The Morgan fingerprint density at radius 1 is 1.10 bits per heavy atom. The Bertz CT molecular complexity index is 785. The zero-order valence-corrected chi connectivity index (χ0v) is 13.3. The number of rotatable bonds is 4. The van der Waals surface area contributed by atoms with E-state index in [0.717, 1.165) is 28.3 Å². The molecule has 0 radical (unpaired) electrons. The van der Waals surface area contributed by atoms with Crippen LogP contribution < -0.4 is 0 Å². The largest absolute Gasteiger partial charge is 0.453 e. The van der Waals surface area contributed by atoms with Crippen LogP contribution >= 0.6 is 15.9 Å². The van der Waals surface area contributed by atoms with Gasteiger partial charge in [0.1, 0.15) is 5.58 Å². The summed E-state index contributed by atoms with van der Waals surface area (Å²) in [5, 5.41) is 0.926. The van der Waals surface area contributed by atoms with Gasteiger partial charge in [-0.15, -0.1) is 0 Å². The molecule has 2 nitrogen and oxygen atoms in total.